The SMILES string of the molecule is O=C(CCC(=O)c1ccc2c(c1)OCCCO2)Nc1ccncc1. The smallest absolute Gasteiger partial charge is 0.224 e. The van der Waals surface area contributed by atoms with E-state index in [4.69, 9.17) is 9.47 Å². The minimum Gasteiger partial charge on any atom is -0.490 e. The Bertz CT molecular complexity index is 731. The second-order valence-corrected chi connectivity index (χ2v) is 5.42. The van der Waals surface area contributed by atoms with Crippen molar-refractivity contribution in [1.29, 1.82) is 0 Å². The molecule has 2 aromatic rings. The fourth-order valence-corrected chi connectivity index (χ4v) is 2.37. The topological polar surface area (TPSA) is 77.5 Å². The van der Waals surface area contributed by atoms with Crippen LogP contribution in [0.3, 0.4) is 0 Å². The van der Waals surface area contributed by atoms with Gasteiger partial charge in [0, 0.05) is 42.9 Å². The van der Waals surface area contributed by atoms with E-state index in [2.05, 4.69) is 10.3 Å². The summed E-state index contributed by atoms with van der Waals surface area (Å²) in [6.07, 6.45) is 4.26. The molecule has 0 bridgehead atoms. The highest BCUT2D eigenvalue weighted by molar-refractivity contribution is 6.00. The fourth-order valence-electron chi connectivity index (χ4n) is 2.37. The molecule has 0 unspecified atom stereocenters. The first-order valence-electron chi connectivity index (χ1n) is 7.85. The number of carbonyl (C=O) groups is 2. The van der Waals surface area contributed by atoms with E-state index in [1.807, 2.05) is 0 Å². The van der Waals surface area contributed by atoms with Gasteiger partial charge in [-0.15, -0.1) is 0 Å². The van der Waals surface area contributed by atoms with Crippen molar-refractivity contribution in [3.8, 4) is 11.5 Å². The molecule has 124 valence electrons. The van der Waals surface area contributed by atoms with Crippen LogP contribution in [0, 0.1) is 0 Å². The van der Waals surface area contributed by atoms with Gasteiger partial charge in [0.05, 0.1) is 13.2 Å². The number of rotatable bonds is 5. The Hall–Kier alpha value is -2.89. The van der Waals surface area contributed by atoms with Gasteiger partial charge in [-0.25, -0.2) is 0 Å². The van der Waals surface area contributed by atoms with Crippen molar-refractivity contribution in [2.75, 3.05) is 18.5 Å². The van der Waals surface area contributed by atoms with Crippen LogP contribution in [-0.4, -0.2) is 29.9 Å². The Balaban J connectivity index is 1.57. The van der Waals surface area contributed by atoms with Crippen LogP contribution in [0.25, 0.3) is 0 Å². The molecule has 3 rings (SSSR count). The van der Waals surface area contributed by atoms with E-state index >= 15 is 0 Å². The lowest BCUT2D eigenvalue weighted by molar-refractivity contribution is -0.116. The number of pyridine rings is 1. The number of fused-ring (bicyclic) bond motifs is 1. The zero-order valence-electron chi connectivity index (χ0n) is 13.2. The molecule has 0 atom stereocenters. The van der Waals surface area contributed by atoms with Crippen molar-refractivity contribution in [1.82, 2.24) is 4.98 Å². The molecule has 1 aliphatic heterocycles. The molecule has 24 heavy (non-hydrogen) atoms. The van der Waals surface area contributed by atoms with Gasteiger partial charge < -0.3 is 14.8 Å². The number of nitrogens with one attached hydrogen (secondary N) is 1. The van der Waals surface area contributed by atoms with Gasteiger partial charge in [-0.05, 0) is 30.3 Å². The number of ether oxygens (including phenoxy) is 2. The molecule has 0 radical (unpaired) electrons. The van der Waals surface area contributed by atoms with E-state index in [0.29, 0.717) is 36.0 Å². The van der Waals surface area contributed by atoms with E-state index in [1.54, 1.807) is 42.7 Å². The number of aromatic nitrogens is 1. The molecule has 6 heteroatoms. The van der Waals surface area contributed by atoms with Gasteiger partial charge in [0.2, 0.25) is 5.91 Å². The van der Waals surface area contributed by atoms with E-state index in [0.717, 1.165) is 6.42 Å². The normalized spacial score (nSPS) is 13.0. The highest BCUT2D eigenvalue weighted by atomic mass is 16.5. The number of ketones is 1. The Morgan fingerprint density at radius 1 is 1.00 bits per heavy atom. The fraction of sp³-hybridized carbons (Fsp3) is 0.278. The zero-order chi connectivity index (χ0) is 16.8. The molecule has 6 nitrogen and oxygen atoms in total. The monoisotopic (exact) mass is 326 g/mol. The number of anilines is 1. The predicted molar refractivity (Wildman–Crippen MR) is 88.5 cm³/mol. The number of carbonyl (C=O) groups excluding carboxylic acids is 2. The largest absolute Gasteiger partial charge is 0.490 e. The number of hydrogen-bond acceptors (Lipinski definition) is 5. The first-order chi connectivity index (χ1) is 11.7. The molecule has 2 heterocycles. The van der Waals surface area contributed by atoms with Crippen LogP contribution in [0.4, 0.5) is 5.69 Å². The lowest BCUT2D eigenvalue weighted by Crippen LogP contribution is -2.13. The predicted octanol–water partition coefficient (Wildman–Crippen LogP) is 2.84. The third-order valence-corrected chi connectivity index (χ3v) is 3.61. The second-order valence-electron chi connectivity index (χ2n) is 5.42. The Kier molecular flexibility index (Phi) is 5.05. The highest BCUT2D eigenvalue weighted by Crippen LogP contribution is 2.30. The van der Waals surface area contributed by atoms with Gasteiger partial charge in [0.25, 0.3) is 0 Å². The maximum absolute atomic E-state index is 12.3. The molecule has 1 aromatic heterocycles. The molecule has 1 N–H and O–H groups in total. The first kappa shape index (κ1) is 16.0. The van der Waals surface area contributed by atoms with E-state index < -0.39 is 0 Å². The van der Waals surface area contributed by atoms with Crippen LogP contribution in [0.15, 0.2) is 42.7 Å². The molecular weight excluding hydrogens is 308 g/mol. The van der Waals surface area contributed by atoms with E-state index in [-0.39, 0.29) is 24.5 Å². The van der Waals surface area contributed by atoms with Gasteiger partial charge >= 0.3 is 0 Å². The van der Waals surface area contributed by atoms with Crippen LogP contribution in [0.2, 0.25) is 0 Å². The quantitative estimate of drug-likeness (QED) is 0.855. The minimum absolute atomic E-state index is 0.101. The lowest BCUT2D eigenvalue weighted by Gasteiger charge is -2.09. The molecule has 1 aromatic carbocycles. The van der Waals surface area contributed by atoms with E-state index in [9.17, 15) is 9.59 Å². The summed E-state index contributed by atoms with van der Waals surface area (Å²) in [4.78, 5) is 28.1. The molecule has 1 amide bonds. The Labute approximate surface area is 139 Å². The summed E-state index contributed by atoms with van der Waals surface area (Å²) in [5.74, 6) is 0.929. The van der Waals surface area contributed by atoms with E-state index in [1.165, 1.54) is 0 Å². The molecular formula is C18H18N2O4. The van der Waals surface area contributed by atoms with Crippen molar-refractivity contribution >= 4 is 17.4 Å². The summed E-state index contributed by atoms with van der Waals surface area (Å²) in [5.41, 5.74) is 1.19. The van der Waals surface area contributed by atoms with Crippen LogP contribution < -0.4 is 14.8 Å². The average Bonchev–Trinajstić information content (AvgIpc) is 2.85. The summed E-state index contributed by atoms with van der Waals surface area (Å²) in [5, 5.41) is 2.73. The Morgan fingerprint density at radius 3 is 2.54 bits per heavy atom. The highest BCUT2D eigenvalue weighted by Gasteiger charge is 2.15. The van der Waals surface area contributed by atoms with Crippen LogP contribution in [0.5, 0.6) is 11.5 Å². The Morgan fingerprint density at radius 2 is 1.75 bits per heavy atom. The van der Waals surface area contributed by atoms with Gasteiger partial charge in [0.15, 0.2) is 17.3 Å². The zero-order valence-corrected chi connectivity index (χ0v) is 13.2. The minimum atomic E-state index is -0.205. The van der Waals surface area contributed by atoms with Crippen molar-refractivity contribution in [2.45, 2.75) is 19.3 Å². The summed E-state index contributed by atoms with van der Waals surface area (Å²) in [7, 11) is 0. The lowest BCUT2D eigenvalue weighted by atomic mass is 10.1. The molecule has 1 aliphatic rings. The standard InChI is InChI=1S/C18H18N2O4/c21-15(3-5-18(22)20-14-6-8-19-9-7-14)13-2-4-16-17(12-13)24-11-1-10-23-16/h2,4,6-9,12H,1,3,5,10-11H2,(H,19,20,22). The number of nitrogens with zero attached hydrogens (tertiary/aromatic N) is 1. The van der Waals surface area contributed by atoms with Crippen LogP contribution in [0.1, 0.15) is 29.6 Å². The second kappa shape index (κ2) is 7.59. The average molecular weight is 326 g/mol. The van der Waals surface area contributed by atoms with Crippen LogP contribution >= 0.6 is 0 Å². The van der Waals surface area contributed by atoms with Crippen molar-refractivity contribution in [3.05, 3.63) is 48.3 Å². The summed E-state index contributed by atoms with van der Waals surface area (Å²) in [6, 6.07) is 8.53. The maximum Gasteiger partial charge on any atom is 0.224 e. The summed E-state index contributed by atoms with van der Waals surface area (Å²) >= 11 is 0. The van der Waals surface area contributed by atoms with Crippen molar-refractivity contribution < 1.29 is 19.1 Å². The third kappa shape index (κ3) is 4.10. The number of hydrogen-bond donors (Lipinski definition) is 1. The molecule has 0 fully saturated rings. The van der Waals surface area contributed by atoms with Crippen molar-refractivity contribution in [2.24, 2.45) is 0 Å². The molecule has 0 aliphatic carbocycles. The molecule has 0 saturated carbocycles. The van der Waals surface area contributed by atoms with Crippen molar-refractivity contribution in [3.63, 3.8) is 0 Å². The van der Waals surface area contributed by atoms with Crippen LogP contribution in [-0.2, 0) is 4.79 Å². The summed E-state index contributed by atoms with van der Waals surface area (Å²) in [6.45, 7) is 1.18. The number of Topliss-reactive ketones (excluding diaryl/α,β-unsaturated/α-hetero) is 1. The molecule has 0 spiro atoms. The molecule has 0 saturated heterocycles. The van der Waals surface area contributed by atoms with Gasteiger partial charge in [-0.2, -0.15) is 0 Å². The number of amides is 1. The van der Waals surface area contributed by atoms with Gasteiger partial charge in [-0.1, -0.05) is 0 Å². The van der Waals surface area contributed by atoms with Gasteiger partial charge in [0.1, 0.15) is 0 Å². The third-order valence-electron chi connectivity index (χ3n) is 3.61. The first-order valence-corrected chi connectivity index (χ1v) is 7.85. The summed E-state index contributed by atoms with van der Waals surface area (Å²) < 4.78 is 11.1. The van der Waals surface area contributed by atoms with Gasteiger partial charge in [-0.3, -0.25) is 14.6 Å². The number of benzene rings is 1. The maximum atomic E-state index is 12.3.